The summed E-state index contributed by atoms with van der Waals surface area (Å²) in [6.07, 6.45) is 2.57. The first-order valence-corrected chi connectivity index (χ1v) is 4.25. The van der Waals surface area contributed by atoms with Gasteiger partial charge in [0.1, 0.15) is 0 Å². The molecule has 0 saturated heterocycles. The number of hydrogen-bond acceptors (Lipinski definition) is 3. The molecule has 0 spiro atoms. The van der Waals surface area contributed by atoms with Crippen molar-refractivity contribution in [1.82, 2.24) is 9.38 Å². The number of nitrogens with zero attached hydrogens (tertiary/aromatic N) is 3. The molecule has 6 heteroatoms. The Bertz CT molecular complexity index is 682. The number of rotatable bonds is 1. The van der Waals surface area contributed by atoms with E-state index in [0.29, 0.717) is 5.52 Å². The first kappa shape index (κ1) is 9.86. The van der Waals surface area contributed by atoms with E-state index in [2.05, 4.69) is 9.83 Å². The minimum Gasteiger partial charge on any atom is -0.476 e. The maximum atomic E-state index is 11.7. The monoisotopic (exact) mass is 215 g/mol. The first-order chi connectivity index (χ1) is 7.63. The van der Waals surface area contributed by atoms with Gasteiger partial charge in [-0.25, -0.2) is 14.6 Å². The van der Waals surface area contributed by atoms with Crippen molar-refractivity contribution in [3.8, 4) is 0 Å². The number of carbonyl (C=O) groups is 1. The van der Waals surface area contributed by atoms with E-state index in [1.54, 1.807) is 0 Å². The van der Waals surface area contributed by atoms with Gasteiger partial charge in [0.25, 0.3) is 5.56 Å². The molecule has 2 heterocycles. The van der Waals surface area contributed by atoms with Gasteiger partial charge in [-0.3, -0.25) is 9.20 Å². The molecule has 0 saturated carbocycles. The van der Waals surface area contributed by atoms with E-state index in [9.17, 15) is 9.59 Å². The van der Waals surface area contributed by atoms with E-state index in [4.69, 9.17) is 11.7 Å². The van der Waals surface area contributed by atoms with E-state index < -0.39 is 17.2 Å². The molecule has 0 fully saturated rings. The molecule has 1 N–H and O–H groups in total. The van der Waals surface area contributed by atoms with Crippen molar-refractivity contribution in [3.63, 3.8) is 0 Å². The Kier molecular flexibility index (Phi) is 2.14. The second-order valence-electron chi connectivity index (χ2n) is 3.01. The van der Waals surface area contributed by atoms with Crippen LogP contribution in [0.25, 0.3) is 10.4 Å². The summed E-state index contributed by atoms with van der Waals surface area (Å²) in [7, 11) is 0. The Morgan fingerprint density at radius 1 is 1.50 bits per heavy atom. The number of hydrogen-bond donors (Lipinski definition) is 1. The third-order valence-electron chi connectivity index (χ3n) is 2.04. The average molecular weight is 215 g/mol. The van der Waals surface area contributed by atoms with Crippen molar-refractivity contribution in [3.05, 3.63) is 52.0 Å². The van der Waals surface area contributed by atoms with E-state index in [0.717, 1.165) is 4.40 Å². The fraction of sp³-hybridized carbons (Fsp3) is 0. The van der Waals surface area contributed by atoms with Gasteiger partial charge in [-0.2, -0.15) is 0 Å². The SMILES string of the molecule is [C-]#[N+]c1ccc2cnc(C(=O)O)c(=O)n2c1. The van der Waals surface area contributed by atoms with Crippen LogP contribution in [0.15, 0.2) is 29.3 Å². The molecule has 0 bridgehead atoms. The standard InChI is InChI=1S/C10H5N3O3/c1-11-6-2-3-7-4-12-8(10(15)16)9(14)13(7)5-6/h2-5H,(H,15,16). The molecule has 0 unspecified atom stereocenters. The van der Waals surface area contributed by atoms with E-state index in [1.807, 2.05) is 0 Å². The maximum absolute atomic E-state index is 11.7. The van der Waals surface area contributed by atoms with Gasteiger partial charge in [-0.1, -0.05) is 6.07 Å². The molecule has 0 radical (unpaired) electrons. The summed E-state index contributed by atoms with van der Waals surface area (Å²) in [6.45, 7) is 6.81. The highest BCUT2D eigenvalue weighted by Crippen LogP contribution is 2.11. The van der Waals surface area contributed by atoms with Gasteiger partial charge in [-0.05, 0) is 6.07 Å². The predicted octanol–water partition coefficient (Wildman–Crippen LogP) is 0.943. The second-order valence-corrected chi connectivity index (χ2v) is 3.01. The molecule has 2 aromatic rings. The fourth-order valence-electron chi connectivity index (χ4n) is 1.29. The van der Waals surface area contributed by atoms with Crippen molar-refractivity contribution in [1.29, 1.82) is 0 Å². The smallest absolute Gasteiger partial charge is 0.360 e. The highest BCUT2D eigenvalue weighted by molar-refractivity contribution is 5.85. The van der Waals surface area contributed by atoms with Crippen LogP contribution in [0, 0.1) is 6.57 Å². The van der Waals surface area contributed by atoms with Gasteiger partial charge in [0, 0.05) is 6.20 Å². The molecule has 0 amide bonds. The molecule has 0 aliphatic rings. The van der Waals surface area contributed by atoms with Gasteiger partial charge in [0.15, 0.2) is 0 Å². The largest absolute Gasteiger partial charge is 0.476 e. The summed E-state index contributed by atoms with van der Waals surface area (Å²) < 4.78 is 1.10. The lowest BCUT2D eigenvalue weighted by atomic mass is 10.3. The van der Waals surface area contributed by atoms with Crippen LogP contribution in [0.4, 0.5) is 5.69 Å². The lowest BCUT2D eigenvalue weighted by molar-refractivity contribution is 0.0688. The zero-order valence-electron chi connectivity index (χ0n) is 7.91. The Hall–Kier alpha value is -2.68. The minimum absolute atomic E-state index is 0.261. The molecule has 0 aliphatic heterocycles. The zero-order valence-corrected chi connectivity index (χ0v) is 7.91. The molecule has 6 nitrogen and oxygen atoms in total. The minimum atomic E-state index is -1.38. The quantitative estimate of drug-likeness (QED) is 0.718. The van der Waals surface area contributed by atoms with Gasteiger partial charge in [0.05, 0.1) is 18.3 Å². The van der Waals surface area contributed by atoms with Crippen molar-refractivity contribution in [2.75, 3.05) is 0 Å². The molecule has 0 aromatic carbocycles. The summed E-state index contributed by atoms with van der Waals surface area (Å²) >= 11 is 0. The third-order valence-corrected chi connectivity index (χ3v) is 2.04. The normalized spacial score (nSPS) is 9.94. The number of pyridine rings is 1. The Morgan fingerprint density at radius 2 is 2.25 bits per heavy atom. The van der Waals surface area contributed by atoms with Gasteiger partial charge in [0.2, 0.25) is 11.4 Å². The second kappa shape index (κ2) is 3.47. The highest BCUT2D eigenvalue weighted by atomic mass is 16.4. The molecular formula is C10H5N3O3. The Labute approximate surface area is 89.2 Å². The average Bonchev–Trinajstić information content (AvgIpc) is 2.28. The van der Waals surface area contributed by atoms with Crippen LogP contribution < -0.4 is 5.56 Å². The Balaban J connectivity index is 2.88. The number of aromatic nitrogens is 2. The topological polar surface area (TPSA) is 76.0 Å². The summed E-state index contributed by atoms with van der Waals surface area (Å²) in [5.41, 5.74) is -0.588. The van der Waals surface area contributed by atoms with Crippen LogP contribution in [0.3, 0.4) is 0 Å². The van der Waals surface area contributed by atoms with Crippen molar-refractivity contribution in [2.24, 2.45) is 0 Å². The molecule has 2 rings (SSSR count). The lowest BCUT2D eigenvalue weighted by Gasteiger charge is -2.01. The van der Waals surface area contributed by atoms with Gasteiger partial charge in [-0.15, -0.1) is 0 Å². The zero-order chi connectivity index (χ0) is 11.7. The van der Waals surface area contributed by atoms with E-state index in [1.165, 1.54) is 24.5 Å². The molecule has 78 valence electrons. The first-order valence-electron chi connectivity index (χ1n) is 4.25. The summed E-state index contributed by atoms with van der Waals surface area (Å²) in [5.74, 6) is -1.38. The number of carboxylic acid groups (broad SMARTS) is 1. The van der Waals surface area contributed by atoms with Crippen molar-refractivity contribution < 1.29 is 9.90 Å². The lowest BCUT2D eigenvalue weighted by Crippen LogP contribution is -2.23. The number of aromatic carboxylic acids is 1. The molecular weight excluding hydrogens is 210 g/mol. The Morgan fingerprint density at radius 3 is 2.88 bits per heavy atom. The molecule has 16 heavy (non-hydrogen) atoms. The molecule has 0 atom stereocenters. The summed E-state index contributed by atoms with van der Waals surface area (Å²) in [5, 5.41) is 8.72. The van der Waals surface area contributed by atoms with E-state index in [-0.39, 0.29) is 5.69 Å². The van der Waals surface area contributed by atoms with Crippen LogP contribution in [0.1, 0.15) is 10.5 Å². The summed E-state index contributed by atoms with van der Waals surface area (Å²) in [6, 6.07) is 3.07. The number of fused-ring (bicyclic) bond motifs is 1. The van der Waals surface area contributed by atoms with Crippen LogP contribution in [-0.2, 0) is 0 Å². The van der Waals surface area contributed by atoms with Crippen LogP contribution in [-0.4, -0.2) is 20.5 Å². The third kappa shape index (κ3) is 1.40. The highest BCUT2D eigenvalue weighted by Gasteiger charge is 2.12. The van der Waals surface area contributed by atoms with Crippen molar-refractivity contribution >= 4 is 17.2 Å². The predicted molar refractivity (Wildman–Crippen MR) is 54.7 cm³/mol. The van der Waals surface area contributed by atoms with Crippen LogP contribution >= 0.6 is 0 Å². The summed E-state index contributed by atoms with van der Waals surface area (Å²) in [4.78, 5) is 29.0. The van der Waals surface area contributed by atoms with Crippen LogP contribution in [0.2, 0.25) is 0 Å². The van der Waals surface area contributed by atoms with Crippen LogP contribution in [0.5, 0.6) is 0 Å². The van der Waals surface area contributed by atoms with Crippen molar-refractivity contribution in [2.45, 2.75) is 0 Å². The fourth-order valence-corrected chi connectivity index (χ4v) is 1.29. The number of carboxylic acids is 1. The van der Waals surface area contributed by atoms with Gasteiger partial charge >= 0.3 is 5.97 Å². The maximum Gasteiger partial charge on any atom is 0.360 e. The van der Waals surface area contributed by atoms with E-state index >= 15 is 0 Å². The molecule has 0 aliphatic carbocycles. The van der Waals surface area contributed by atoms with Gasteiger partial charge < -0.3 is 5.11 Å². The molecule has 2 aromatic heterocycles.